The summed E-state index contributed by atoms with van der Waals surface area (Å²) in [7, 11) is 0. The van der Waals surface area contributed by atoms with E-state index < -0.39 is 0 Å². The summed E-state index contributed by atoms with van der Waals surface area (Å²) in [6, 6.07) is 34.3. The molecule has 0 spiro atoms. The topological polar surface area (TPSA) is 0 Å². The van der Waals surface area contributed by atoms with Crippen LogP contribution in [0.2, 0.25) is 0 Å². The van der Waals surface area contributed by atoms with Crippen LogP contribution in [0.25, 0.3) is 65.3 Å². The normalized spacial score (nSPS) is 11.9. The highest BCUT2D eigenvalue weighted by Gasteiger charge is 2.18. The Morgan fingerprint density at radius 2 is 0.337 bits per heavy atom. The van der Waals surface area contributed by atoms with Crippen LogP contribution < -0.4 is 0 Å². The molecule has 0 aromatic heterocycles. The summed E-state index contributed by atoms with van der Waals surface area (Å²) in [5.74, 6) is 0. The van der Waals surface area contributed by atoms with E-state index in [1.165, 1.54) is 348 Å². The van der Waals surface area contributed by atoms with Gasteiger partial charge in [-0.25, -0.2) is 0 Å². The van der Waals surface area contributed by atoms with Gasteiger partial charge >= 0.3 is 0 Å². The van der Waals surface area contributed by atoms with Crippen molar-refractivity contribution in [3.63, 3.8) is 0 Å². The Balaban J connectivity index is 1.07. The van der Waals surface area contributed by atoms with Crippen LogP contribution in [0.4, 0.5) is 0 Å². The van der Waals surface area contributed by atoms with Gasteiger partial charge in [0.2, 0.25) is 0 Å². The number of rotatable bonds is 46. The maximum Gasteiger partial charge on any atom is 0.0261 e. The fraction of sp³-hybridized carbons (Fsp3) is 0.585. The quantitative estimate of drug-likeness (QED) is 0.0264. The molecule has 4 heteroatoms. The molecule has 0 nitrogen and oxygen atoms in total. The van der Waals surface area contributed by atoms with Gasteiger partial charge in [0.1, 0.15) is 0 Å². The predicted molar refractivity (Wildman–Crippen MR) is 400 cm³/mol. The Hall–Kier alpha value is -2.50. The first-order valence-electron chi connectivity index (χ1n) is 36.1. The van der Waals surface area contributed by atoms with Crippen LogP contribution in [0.15, 0.2) is 103 Å². The number of benzene rings is 7. The zero-order valence-electron chi connectivity index (χ0n) is 54.7. The molecule has 86 heavy (non-hydrogen) atoms. The van der Waals surface area contributed by atoms with Crippen molar-refractivity contribution in [2.75, 3.05) is 0 Å². The summed E-state index contributed by atoms with van der Waals surface area (Å²) in [5.41, 5.74) is 11.1. The second-order valence-corrected chi connectivity index (χ2v) is 30.0. The van der Waals surface area contributed by atoms with Crippen molar-refractivity contribution < 1.29 is 0 Å². The monoisotopic (exact) mass is 1410 g/mol. The van der Waals surface area contributed by atoms with Crippen molar-refractivity contribution in [1.29, 1.82) is 0 Å². The Bertz CT molecular complexity index is 2860. The maximum absolute atomic E-state index is 4.13. The lowest BCUT2D eigenvalue weighted by Crippen LogP contribution is -1.97. The molecular weight excluding hydrogens is 1300 g/mol. The first-order valence-corrected chi connectivity index (χ1v) is 39.3. The van der Waals surface area contributed by atoms with Gasteiger partial charge in [0.05, 0.1) is 0 Å². The fourth-order valence-corrected chi connectivity index (χ4v) is 16.1. The zero-order valence-corrected chi connectivity index (χ0v) is 61.1. The van der Waals surface area contributed by atoms with E-state index in [0.717, 1.165) is 17.9 Å². The van der Waals surface area contributed by atoms with Crippen LogP contribution in [-0.2, 0) is 25.7 Å². The van der Waals surface area contributed by atoms with E-state index in [0.29, 0.717) is 0 Å². The van der Waals surface area contributed by atoms with E-state index in [9.17, 15) is 0 Å². The summed E-state index contributed by atoms with van der Waals surface area (Å²) in [5, 5.41) is 10.7. The number of hydrogen-bond acceptors (Lipinski definition) is 0. The molecule has 0 N–H and O–H groups in total. The molecule has 0 heterocycles. The summed E-state index contributed by atoms with van der Waals surface area (Å²) >= 11 is 16.5. The average Bonchev–Trinajstić information content (AvgIpc) is 1.17. The number of unbranched alkanes of at least 4 members (excludes halogenated alkanes) is 36. The molecule has 0 saturated carbocycles. The van der Waals surface area contributed by atoms with E-state index >= 15 is 0 Å². The predicted octanol–water partition coefficient (Wildman–Crippen LogP) is 30.5. The first-order chi connectivity index (χ1) is 42.2. The van der Waals surface area contributed by atoms with Gasteiger partial charge in [0.15, 0.2) is 0 Å². The summed E-state index contributed by atoms with van der Waals surface area (Å²) in [4.78, 5) is 0. The molecular formula is C82H114Br4. The standard InChI is InChI=1S/C82H114Br4/c1-5-9-13-17-21-25-29-33-37-41-45-63-49-67-53-71-57-75(79(83)59-73(71)55-69(67)51-65(63)47-43-39-35-31-27-23-19-15-11-7-3)77-61-82(86)78(62-81(77)85)76-58-72-54-68-50-64(46-42-38-34-30-26-22-18-14-10-6-2)66(52-70(68)56-74(72)60-80(76)84)48-44-40-36-32-28-24-20-16-12-8-4/h49-62H,5-48H2,1-4H3. The molecule has 7 aromatic rings. The van der Waals surface area contributed by atoms with Crippen molar-refractivity contribution in [3.05, 3.63) is 125 Å². The molecule has 0 aliphatic rings. The third-order valence-electron chi connectivity index (χ3n) is 19.2. The van der Waals surface area contributed by atoms with Gasteiger partial charge in [-0.1, -0.05) is 347 Å². The van der Waals surface area contributed by atoms with Crippen LogP contribution in [0, 0.1) is 0 Å². The lowest BCUT2D eigenvalue weighted by atomic mass is 9.91. The van der Waals surface area contributed by atoms with Crippen LogP contribution in [0.5, 0.6) is 0 Å². The van der Waals surface area contributed by atoms with Gasteiger partial charge in [-0.3, -0.25) is 0 Å². The van der Waals surface area contributed by atoms with Crippen LogP contribution in [0.3, 0.4) is 0 Å². The van der Waals surface area contributed by atoms with Crippen molar-refractivity contribution in [3.8, 4) is 22.3 Å². The Morgan fingerprint density at radius 1 is 0.174 bits per heavy atom. The molecule has 0 fully saturated rings. The summed E-state index contributed by atoms with van der Waals surface area (Å²) < 4.78 is 4.41. The Morgan fingerprint density at radius 3 is 0.558 bits per heavy atom. The van der Waals surface area contributed by atoms with Gasteiger partial charge in [-0.05, 0) is 200 Å². The smallest absolute Gasteiger partial charge is 0.0261 e. The number of hydrogen-bond donors (Lipinski definition) is 0. The lowest BCUT2D eigenvalue weighted by molar-refractivity contribution is 0.553. The minimum Gasteiger partial charge on any atom is -0.0654 e. The van der Waals surface area contributed by atoms with Crippen LogP contribution in [-0.4, -0.2) is 0 Å². The summed E-state index contributed by atoms with van der Waals surface area (Å²) in [6.45, 7) is 9.27. The van der Waals surface area contributed by atoms with E-state index in [1.807, 2.05) is 0 Å². The average molecular weight is 1420 g/mol. The number of fused-ring (bicyclic) bond motifs is 4. The van der Waals surface area contributed by atoms with E-state index in [2.05, 4.69) is 176 Å². The summed E-state index contributed by atoms with van der Waals surface area (Å²) in [6.07, 6.45) is 60.1. The van der Waals surface area contributed by atoms with Gasteiger partial charge in [0.25, 0.3) is 0 Å². The van der Waals surface area contributed by atoms with Crippen molar-refractivity contribution in [2.24, 2.45) is 0 Å². The van der Waals surface area contributed by atoms with E-state index in [-0.39, 0.29) is 0 Å². The van der Waals surface area contributed by atoms with Gasteiger partial charge in [-0.2, -0.15) is 0 Å². The molecule has 0 radical (unpaired) electrons. The maximum atomic E-state index is 4.13. The highest BCUT2D eigenvalue weighted by molar-refractivity contribution is 9.11. The minimum atomic E-state index is 1.09. The first kappa shape index (κ1) is 70.9. The zero-order chi connectivity index (χ0) is 60.6. The molecule has 0 saturated heterocycles. The molecule has 7 aromatic carbocycles. The molecule has 0 bridgehead atoms. The third-order valence-corrected chi connectivity index (χ3v) is 21.9. The number of aryl methyl sites for hydroxylation is 4. The molecule has 0 atom stereocenters. The Kier molecular flexibility index (Phi) is 33.9. The highest BCUT2D eigenvalue weighted by atomic mass is 79.9. The molecule has 470 valence electrons. The minimum absolute atomic E-state index is 1.09. The van der Waals surface area contributed by atoms with E-state index in [1.54, 1.807) is 22.3 Å². The van der Waals surface area contributed by atoms with Gasteiger partial charge < -0.3 is 0 Å². The van der Waals surface area contributed by atoms with Gasteiger partial charge in [0, 0.05) is 17.9 Å². The second kappa shape index (κ2) is 41.1. The molecule has 0 aliphatic heterocycles. The third kappa shape index (κ3) is 23.6. The lowest BCUT2D eigenvalue weighted by Gasteiger charge is -2.16. The van der Waals surface area contributed by atoms with E-state index in [4.69, 9.17) is 0 Å². The Labute approximate surface area is 559 Å². The van der Waals surface area contributed by atoms with Crippen molar-refractivity contribution >= 4 is 107 Å². The SMILES string of the molecule is CCCCCCCCCCCCc1cc2cc3cc(Br)c(-c4cc(Br)c(-c5cc6cc7cc(CCCCCCCCCCCC)c(CCCCCCCCCCCC)cc7cc6cc5Br)cc4Br)cc3cc2cc1CCCCCCCCCCCC. The van der Waals surface area contributed by atoms with Crippen molar-refractivity contribution in [1.82, 2.24) is 0 Å². The molecule has 7 rings (SSSR count). The van der Waals surface area contributed by atoms with Crippen LogP contribution in [0.1, 0.15) is 307 Å². The fourth-order valence-electron chi connectivity index (χ4n) is 13.9. The molecule has 0 unspecified atom stereocenters. The number of halogens is 4. The highest BCUT2D eigenvalue weighted by Crippen LogP contribution is 2.45. The largest absolute Gasteiger partial charge is 0.0654 e. The second-order valence-electron chi connectivity index (χ2n) is 26.5. The molecule has 0 aliphatic carbocycles. The molecule has 0 amide bonds. The van der Waals surface area contributed by atoms with Gasteiger partial charge in [-0.15, -0.1) is 0 Å². The van der Waals surface area contributed by atoms with Crippen LogP contribution >= 0.6 is 63.7 Å². The van der Waals surface area contributed by atoms with Crippen molar-refractivity contribution in [2.45, 2.75) is 310 Å².